The Morgan fingerprint density at radius 2 is 1.94 bits per heavy atom. The number of pyridine rings is 1. The quantitative estimate of drug-likeness (QED) is 0.833. The molecule has 0 bridgehead atoms. The highest BCUT2D eigenvalue weighted by Crippen LogP contribution is 2.31. The molecule has 0 atom stereocenters. The highest BCUT2D eigenvalue weighted by molar-refractivity contribution is 9.10. The van der Waals surface area contributed by atoms with E-state index in [1.54, 1.807) is 24.3 Å². The van der Waals surface area contributed by atoms with Gasteiger partial charge in [0, 0.05) is 0 Å². The third kappa shape index (κ3) is 2.51. The van der Waals surface area contributed by atoms with Crippen LogP contribution in [0.1, 0.15) is 0 Å². The minimum atomic E-state index is -0.525. The van der Waals surface area contributed by atoms with Gasteiger partial charge in [-0.15, -0.1) is 0 Å². The van der Waals surface area contributed by atoms with Crippen LogP contribution in [0.3, 0.4) is 0 Å². The standard InChI is InChI=1S/C11H7BrClFN2/c12-11-7(13)3-1-4-8(11)15-10-6-2-5-9(14)16-10/h1-6H,(H,15,16). The molecule has 2 nitrogen and oxygen atoms in total. The van der Waals surface area contributed by atoms with Gasteiger partial charge in [-0.05, 0) is 40.2 Å². The number of benzene rings is 1. The SMILES string of the molecule is Fc1cccc(Nc2cccc(Cl)c2Br)n1. The number of halogens is 3. The third-order valence-electron chi connectivity index (χ3n) is 1.93. The van der Waals surface area contributed by atoms with Crippen molar-refractivity contribution in [2.24, 2.45) is 0 Å². The summed E-state index contributed by atoms with van der Waals surface area (Å²) in [6.07, 6.45) is 0. The van der Waals surface area contributed by atoms with Gasteiger partial charge in [0.2, 0.25) is 5.95 Å². The monoisotopic (exact) mass is 300 g/mol. The van der Waals surface area contributed by atoms with E-state index >= 15 is 0 Å². The average Bonchev–Trinajstić information content (AvgIpc) is 2.25. The van der Waals surface area contributed by atoms with E-state index in [1.807, 2.05) is 6.07 Å². The predicted octanol–water partition coefficient (Wildman–Crippen LogP) is 4.38. The van der Waals surface area contributed by atoms with Gasteiger partial charge in [0.25, 0.3) is 0 Å². The summed E-state index contributed by atoms with van der Waals surface area (Å²) in [5, 5.41) is 3.56. The number of hydrogen-bond donors (Lipinski definition) is 1. The van der Waals surface area contributed by atoms with E-state index in [2.05, 4.69) is 26.2 Å². The van der Waals surface area contributed by atoms with Crippen LogP contribution >= 0.6 is 27.5 Å². The summed E-state index contributed by atoms with van der Waals surface area (Å²) in [6.45, 7) is 0. The molecule has 2 rings (SSSR count). The Labute approximate surface area is 106 Å². The summed E-state index contributed by atoms with van der Waals surface area (Å²) in [5.74, 6) is -0.0916. The fourth-order valence-corrected chi connectivity index (χ4v) is 1.75. The van der Waals surface area contributed by atoms with Crippen LogP contribution in [-0.2, 0) is 0 Å². The Morgan fingerprint density at radius 3 is 2.69 bits per heavy atom. The topological polar surface area (TPSA) is 24.9 Å². The van der Waals surface area contributed by atoms with Gasteiger partial charge < -0.3 is 5.32 Å². The van der Waals surface area contributed by atoms with Crippen molar-refractivity contribution in [2.75, 3.05) is 5.32 Å². The first-order chi connectivity index (χ1) is 7.66. The average molecular weight is 302 g/mol. The molecule has 1 N–H and O–H groups in total. The molecule has 16 heavy (non-hydrogen) atoms. The van der Waals surface area contributed by atoms with Crippen LogP contribution in [0, 0.1) is 5.95 Å². The van der Waals surface area contributed by atoms with E-state index in [1.165, 1.54) is 6.07 Å². The van der Waals surface area contributed by atoms with E-state index in [9.17, 15) is 4.39 Å². The van der Waals surface area contributed by atoms with Crippen LogP contribution in [0.2, 0.25) is 5.02 Å². The maximum absolute atomic E-state index is 12.9. The van der Waals surface area contributed by atoms with Gasteiger partial charge >= 0.3 is 0 Å². The summed E-state index contributed by atoms with van der Waals surface area (Å²) in [7, 11) is 0. The molecule has 1 heterocycles. The van der Waals surface area contributed by atoms with Crippen molar-refractivity contribution in [1.82, 2.24) is 4.98 Å². The molecule has 0 saturated carbocycles. The van der Waals surface area contributed by atoms with E-state index in [4.69, 9.17) is 11.6 Å². The van der Waals surface area contributed by atoms with E-state index in [0.29, 0.717) is 10.8 Å². The summed E-state index contributed by atoms with van der Waals surface area (Å²) in [5.41, 5.74) is 0.741. The molecule has 0 aliphatic carbocycles. The molecule has 1 aromatic heterocycles. The van der Waals surface area contributed by atoms with Gasteiger partial charge in [-0.25, -0.2) is 4.98 Å². The number of rotatable bonds is 2. The van der Waals surface area contributed by atoms with Crippen molar-refractivity contribution in [2.45, 2.75) is 0 Å². The van der Waals surface area contributed by atoms with Crippen molar-refractivity contribution in [1.29, 1.82) is 0 Å². The second-order valence-corrected chi connectivity index (χ2v) is 4.27. The molecular weight excluding hydrogens is 294 g/mol. The Balaban J connectivity index is 2.31. The molecule has 0 spiro atoms. The van der Waals surface area contributed by atoms with Crippen molar-refractivity contribution in [3.63, 3.8) is 0 Å². The third-order valence-corrected chi connectivity index (χ3v) is 3.33. The Morgan fingerprint density at radius 1 is 1.19 bits per heavy atom. The van der Waals surface area contributed by atoms with Crippen molar-refractivity contribution in [3.8, 4) is 0 Å². The molecule has 82 valence electrons. The number of nitrogens with zero attached hydrogens (tertiary/aromatic N) is 1. The molecule has 0 amide bonds. The molecular formula is C11H7BrClFN2. The molecule has 0 aliphatic rings. The van der Waals surface area contributed by atoms with E-state index < -0.39 is 5.95 Å². The number of nitrogens with one attached hydrogen (secondary N) is 1. The zero-order valence-corrected chi connectivity index (χ0v) is 10.4. The number of hydrogen-bond acceptors (Lipinski definition) is 2. The molecule has 0 radical (unpaired) electrons. The normalized spacial score (nSPS) is 10.2. The largest absolute Gasteiger partial charge is 0.339 e. The summed E-state index contributed by atoms with van der Waals surface area (Å²) in [4.78, 5) is 3.70. The predicted molar refractivity (Wildman–Crippen MR) is 66.6 cm³/mol. The zero-order chi connectivity index (χ0) is 11.5. The molecule has 0 saturated heterocycles. The first-order valence-electron chi connectivity index (χ1n) is 4.50. The van der Waals surface area contributed by atoms with Crippen molar-refractivity contribution < 1.29 is 4.39 Å². The lowest BCUT2D eigenvalue weighted by Crippen LogP contribution is -1.95. The van der Waals surface area contributed by atoms with Crippen molar-refractivity contribution in [3.05, 3.63) is 51.8 Å². The molecule has 0 fully saturated rings. The minimum absolute atomic E-state index is 0.433. The van der Waals surface area contributed by atoms with Crippen LogP contribution in [0.15, 0.2) is 40.9 Å². The molecule has 2 aromatic rings. The van der Waals surface area contributed by atoms with Gasteiger partial charge in [0.15, 0.2) is 0 Å². The van der Waals surface area contributed by atoms with Crippen LogP contribution in [0.25, 0.3) is 0 Å². The molecule has 0 unspecified atom stereocenters. The molecule has 5 heteroatoms. The number of anilines is 2. The highest BCUT2D eigenvalue weighted by Gasteiger charge is 2.04. The summed E-state index contributed by atoms with van der Waals surface area (Å²) >= 11 is 9.27. The van der Waals surface area contributed by atoms with Crippen molar-refractivity contribution >= 4 is 39.0 Å². The maximum atomic E-state index is 12.9. The zero-order valence-electron chi connectivity index (χ0n) is 8.05. The highest BCUT2D eigenvalue weighted by atomic mass is 79.9. The summed E-state index contributed by atoms with van der Waals surface area (Å²) in [6, 6.07) is 9.94. The Hall–Kier alpha value is -1.13. The van der Waals surface area contributed by atoms with Gasteiger partial charge in [0.05, 0.1) is 15.2 Å². The number of aromatic nitrogens is 1. The first-order valence-corrected chi connectivity index (χ1v) is 5.67. The lowest BCUT2D eigenvalue weighted by Gasteiger charge is -2.08. The Bertz CT molecular complexity index is 519. The van der Waals surface area contributed by atoms with E-state index in [0.717, 1.165) is 10.2 Å². The second kappa shape index (κ2) is 4.80. The lowest BCUT2D eigenvalue weighted by atomic mass is 10.3. The summed E-state index contributed by atoms with van der Waals surface area (Å²) < 4.78 is 13.6. The lowest BCUT2D eigenvalue weighted by molar-refractivity contribution is 0.585. The van der Waals surface area contributed by atoms with Gasteiger partial charge in [-0.1, -0.05) is 23.7 Å². The van der Waals surface area contributed by atoms with Crippen LogP contribution in [0.5, 0.6) is 0 Å². The molecule has 0 aliphatic heterocycles. The first kappa shape index (κ1) is 11.4. The van der Waals surface area contributed by atoms with Crippen LogP contribution < -0.4 is 5.32 Å². The minimum Gasteiger partial charge on any atom is -0.339 e. The van der Waals surface area contributed by atoms with Crippen LogP contribution in [-0.4, -0.2) is 4.98 Å². The van der Waals surface area contributed by atoms with Gasteiger partial charge in [-0.3, -0.25) is 0 Å². The fraction of sp³-hybridized carbons (Fsp3) is 0. The van der Waals surface area contributed by atoms with Crippen LogP contribution in [0.4, 0.5) is 15.9 Å². The van der Waals surface area contributed by atoms with E-state index in [-0.39, 0.29) is 0 Å². The fourth-order valence-electron chi connectivity index (χ4n) is 1.22. The van der Waals surface area contributed by atoms with Gasteiger partial charge in [0.1, 0.15) is 5.82 Å². The second-order valence-electron chi connectivity index (χ2n) is 3.07. The Kier molecular flexibility index (Phi) is 3.41. The smallest absolute Gasteiger partial charge is 0.214 e. The molecule has 1 aromatic carbocycles. The maximum Gasteiger partial charge on any atom is 0.214 e. The van der Waals surface area contributed by atoms with Gasteiger partial charge in [-0.2, -0.15) is 4.39 Å².